The lowest BCUT2D eigenvalue weighted by Crippen LogP contribution is -2.28. The van der Waals surface area contributed by atoms with Crippen LogP contribution in [0, 0.1) is 0 Å². The zero-order valence-electron chi connectivity index (χ0n) is 14.5. The largest absolute Gasteiger partial charge is 0.357 e. The van der Waals surface area contributed by atoms with Gasteiger partial charge in [0.05, 0.1) is 28.3 Å². The molecule has 3 aromatic rings. The number of ether oxygens (including phenoxy) is 1. The number of nitrogens with two attached hydrogens (primary N) is 1. The topological polar surface area (TPSA) is 98.0 Å². The first-order valence-electron chi connectivity index (χ1n) is 8.72. The Balaban J connectivity index is 1.79. The molecule has 1 aliphatic heterocycles. The maximum atomic E-state index is 11.2. The first-order chi connectivity index (χ1) is 13.0. The zero-order valence-corrected chi connectivity index (χ0v) is 16.0. The molecule has 0 aliphatic carbocycles. The van der Waals surface area contributed by atoms with E-state index in [1.54, 1.807) is 12.3 Å². The Morgan fingerprint density at radius 3 is 3.00 bits per heavy atom. The Hall–Kier alpha value is -2.22. The normalized spacial score (nSPS) is 17.3. The number of primary amides is 1. The third-order valence-electron chi connectivity index (χ3n) is 4.72. The molecule has 0 bridgehead atoms. The Kier molecular flexibility index (Phi) is 4.99. The summed E-state index contributed by atoms with van der Waals surface area (Å²) in [5.74, 6) is 0. The second-order valence-electron chi connectivity index (χ2n) is 6.51. The van der Waals surface area contributed by atoms with Gasteiger partial charge in [0, 0.05) is 35.0 Å². The van der Waals surface area contributed by atoms with Crippen molar-refractivity contribution >= 4 is 40.1 Å². The third-order valence-corrected chi connectivity index (χ3v) is 5.53. The number of nitrogens with one attached hydrogen (secondary N) is 2. The molecule has 2 aromatic heterocycles. The van der Waals surface area contributed by atoms with E-state index in [1.807, 2.05) is 16.9 Å². The summed E-state index contributed by atoms with van der Waals surface area (Å²) in [4.78, 5) is 14.4. The summed E-state index contributed by atoms with van der Waals surface area (Å²) in [7, 11) is 0. The molecule has 9 heteroatoms. The van der Waals surface area contributed by atoms with Crippen molar-refractivity contribution in [3.05, 3.63) is 40.3 Å². The van der Waals surface area contributed by atoms with E-state index in [9.17, 15) is 4.79 Å². The molecule has 0 saturated carbocycles. The third kappa shape index (κ3) is 3.50. The van der Waals surface area contributed by atoms with Crippen molar-refractivity contribution in [2.75, 3.05) is 6.61 Å². The molecule has 1 aliphatic rings. The predicted octanol–water partition coefficient (Wildman–Crippen LogP) is 4.21. The van der Waals surface area contributed by atoms with E-state index in [1.165, 1.54) is 0 Å². The van der Waals surface area contributed by atoms with Crippen LogP contribution >= 0.6 is 23.2 Å². The summed E-state index contributed by atoms with van der Waals surface area (Å²) in [5, 5.41) is 8.89. The monoisotopic (exact) mass is 407 g/mol. The molecule has 4 N–H and O–H groups in total. The fourth-order valence-corrected chi connectivity index (χ4v) is 3.82. The number of urea groups is 1. The lowest BCUT2D eigenvalue weighted by atomic mass is 10.0. The molecule has 1 saturated heterocycles. The number of aromatic nitrogens is 3. The highest BCUT2D eigenvalue weighted by atomic mass is 35.5. The predicted molar refractivity (Wildman–Crippen MR) is 105 cm³/mol. The van der Waals surface area contributed by atoms with Gasteiger partial charge in [0.25, 0.3) is 0 Å². The van der Waals surface area contributed by atoms with E-state index in [4.69, 9.17) is 33.7 Å². The molecule has 2 amide bonds. The quantitative estimate of drug-likeness (QED) is 0.603. The number of hydrogen-bond donors (Lipinski definition) is 3. The van der Waals surface area contributed by atoms with Crippen LogP contribution in [0.2, 0.25) is 10.0 Å². The van der Waals surface area contributed by atoms with Crippen LogP contribution in [-0.2, 0) is 11.3 Å². The van der Waals surface area contributed by atoms with Crippen molar-refractivity contribution in [3.8, 4) is 11.1 Å². The van der Waals surface area contributed by atoms with Crippen molar-refractivity contribution in [1.29, 1.82) is 0 Å². The lowest BCUT2D eigenvalue weighted by molar-refractivity contribution is -0.0394. The molecule has 4 rings (SSSR count). The standard InChI is InChI=1S/C18H19Cl2N5O2/c19-12-5-4-11-15(13(8-22-18(21)26)24-17(11)16(12)20)10-7-23-25(9-10)14-3-1-2-6-27-14/h4-5,7,9,14,24H,1-3,6,8H2,(H3,21,22,26). The second kappa shape index (κ2) is 7.42. The van der Waals surface area contributed by atoms with E-state index in [2.05, 4.69) is 15.4 Å². The number of hydrogen-bond acceptors (Lipinski definition) is 3. The van der Waals surface area contributed by atoms with E-state index < -0.39 is 6.03 Å². The van der Waals surface area contributed by atoms with Crippen LogP contribution in [0.1, 0.15) is 31.2 Å². The fourth-order valence-electron chi connectivity index (χ4n) is 3.45. The number of amides is 2. The van der Waals surface area contributed by atoms with Crippen LogP contribution < -0.4 is 11.1 Å². The van der Waals surface area contributed by atoms with Gasteiger partial charge in [0.2, 0.25) is 0 Å². The molecule has 1 fully saturated rings. The van der Waals surface area contributed by atoms with Crippen LogP contribution in [-0.4, -0.2) is 27.4 Å². The van der Waals surface area contributed by atoms with Crippen molar-refractivity contribution in [2.24, 2.45) is 5.73 Å². The first kappa shape index (κ1) is 18.2. The summed E-state index contributed by atoms with van der Waals surface area (Å²) < 4.78 is 7.65. The van der Waals surface area contributed by atoms with Gasteiger partial charge in [-0.2, -0.15) is 5.10 Å². The smallest absolute Gasteiger partial charge is 0.312 e. The van der Waals surface area contributed by atoms with E-state index in [0.29, 0.717) is 15.6 Å². The average molecular weight is 408 g/mol. The van der Waals surface area contributed by atoms with E-state index >= 15 is 0 Å². The minimum absolute atomic E-state index is 0.0528. The van der Waals surface area contributed by atoms with Gasteiger partial charge in [-0.25, -0.2) is 9.48 Å². The minimum atomic E-state index is -0.602. The fraction of sp³-hybridized carbons (Fsp3) is 0.333. The Labute approximate surface area is 165 Å². The molecule has 7 nitrogen and oxygen atoms in total. The van der Waals surface area contributed by atoms with Crippen LogP contribution in [0.15, 0.2) is 24.5 Å². The van der Waals surface area contributed by atoms with Crippen LogP contribution in [0.25, 0.3) is 22.0 Å². The molecule has 1 aromatic carbocycles. The van der Waals surface area contributed by atoms with Crippen molar-refractivity contribution in [1.82, 2.24) is 20.1 Å². The van der Waals surface area contributed by atoms with Gasteiger partial charge in [-0.15, -0.1) is 0 Å². The Morgan fingerprint density at radius 1 is 1.41 bits per heavy atom. The highest BCUT2D eigenvalue weighted by molar-refractivity contribution is 6.45. The molecule has 0 radical (unpaired) electrons. The number of H-pyrrole nitrogens is 1. The summed E-state index contributed by atoms with van der Waals surface area (Å²) in [6, 6.07) is 3.05. The highest BCUT2D eigenvalue weighted by Gasteiger charge is 2.21. The molecule has 1 unspecified atom stereocenters. The van der Waals surface area contributed by atoms with Crippen LogP contribution in [0.4, 0.5) is 4.79 Å². The number of benzene rings is 1. The highest BCUT2D eigenvalue weighted by Crippen LogP contribution is 2.38. The number of rotatable bonds is 4. The van der Waals surface area contributed by atoms with Crippen LogP contribution in [0.5, 0.6) is 0 Å². The zero-order chi connectivity index (χ0) is 19.0. The van der Waals surface area contributed by atoms with Crippen molar-refractivity contribution < 1.29 is 9.53 Å². The van der Waals surface area contributed by atoms with Gasteiger partial charge in [-0.05, 0) is 25.3 Å². The number of fused-ring (bicyclic) bond motifs is 1. The maximum Gasteiger partial charge on any atom is 0.312 e. The molecule has 0 spiro atoms. The van der Waals surface area contributed by atoms with Gasteiger partial charge in [-0.3, -0.25) is 0 Å². The summed E-state index contributed by atoms with van der Waals surface area (Å²) in [6.07, 6.45) is 6.82. The number of carbonyl (C=O) groups excluding carboxylic acids is 1. The average Bonchev–Trinajstić information content (AvgIpc) is 3.28. The van der Waals surface area contributed by atoms with Gasteiger partial charge >= 0.3 is 6.03 Å². The molecule has 1 atom stereocenters. The van der Waals surface area contributed by atoms with E-state index in [0.717, 1.165) is 48.1 Å². The number of nitrogens with zero attached hydrogens (tertiary/aromatic N) is 2. The number of halogens is 2. The summed E-state index contributed by atoms with van der Waals surface area (Å²) in [5.41, 5.74) is 8.52. The summed E-state index contributed by atoms with van der Waals surface area (Å²) >= 11 is 12.5. The minimum Gasteiger partial charge on any atom is -0.357 e. The molecular weight excluding hydrogens is 389 g/mol. The SMILES string of the molecule is NC(=O)NCc1[nH]c2c(Cl)c(Cl)ccc2c1-c1cnn(C2CCCCO2)c1. The Bertz CT molecular complexity index is 991. The summed E-state index contributed by atoms with van der Waals surface area (Å²) in [6.45, 7) is 0.979. The van der Waals surface area contributed by atoms with Gasteiger partial charge in [-0.1, -0.05) is 29.3 Å². The molecule has 3 heterocycles. The molecular formula is C18H19Cl2N5O2. The van der Waals surface area contributed by atoms with Crippen molar-refractivity contribution in [2.45, 2.75) is 32.0 Å². The maximum absolute atomic E-state index is 11.2. The van der Waals surface area contributed by atoms with Gasteiger partial charge < -0.3 is 20.8 Å². The van der Waals surface area contributed by atoms with Gasteiger partial charge in [0.15, 0.2) is 0 Å². The second-order valence-corrected chi connectivity index (χ2v) is 7.30. The first-order valence-corrected chi connectivity index (χ1v) is 9.48. The van der Waals surface area contributed by atoms with Crippen LogP contribution in [0.3, 0.4) is 0 Å². The lowest BCUT2D eigenvalue weighted by Gasteiger charge is -2.22. The van der Waals surface area contributed by atoms with Gasteiger partial charge in [0.1, 0.15) is 6.23 Å². The van der Waals surface area contributed by atoms with Crippen molar-refractivity contribution in [3.63, 3.8) is 0 Å². The number of aromatic amines is 1. The van der Waals surface area contributed by atoms with E-state index in [-0.39, 0.29) is 12.8 Å². The molecule has 27 heavy (non-hydrogen) atoms. The molecule has 142 valence electrons. The number of carbonyl (C=O) groups is 1. The Morgan fingerprint density at radius 2 is 2.26 bits per heavy atom.